The molecule has 0 aliphatic rings. The molecule has 0 heterocycles. The molecule has 228 valence electrons. The van der Waals surface area contributed by atoms with Crippen LogP contribution < -0.4 is 46.8 Å². The molecule has 0 amide bonds. The van der Waals surface area contributed by atoms with Crippen LogP contribution in [0.25, 0.3) is 22.3 Å². The molecule has 0 fully saturated rings. The molecule has 11 heteroatoms. The number of rotatable bonds is 12. The first-order valence-electron chi connectivity index (χ1n) is 12.9. The Bertz CT molecular complexity index is 1560. The summed E-state index contributed by atoms with van der Waals surface area (Å²) in [4.78, 5) is 0. The van der Waals surface area contributed by atoms with Gasteiger partial charge in [0, 0.05) is 0 Å². The van der Waals surface area contributed by atoms with Crippen molar-refractivity contribution in [2.45, 2.75) is 0 Å². The Morgan fingerprint density at radius 3 is 1.00 bits per heavy atom. The van der Waals surface area contributed by atoms with Crippen molar-refractivity contribution in [2.75, 3.05) is 56.9 Å². The molecule has 4 aromatic carbocycles. The first kappa shape index (κ1) is 31.3. The molecular formula is C32H34O10Se. The number of ether oxygens (including phenoxy) is 8. The van der Waals surface area contributed by atoms with E-state index >= 15 is 0 Å². The van der Waals surface area contributed by atoms with Gasteiger partial charge in [-0.25, -0.2) is 0 Å². The van der Waals surface area contributed by atoms with E-state index in [0.717, 1.165) is 0 Å². The second-order valence-corrected chi connectivity index (χ2v) is 13.0. The van der Waals surface area contributed by atoms with E-state index in [2.05, 4.69) is 0 Å². The Balaban J connectivity index is 2.04. The van der Waals surface area contributed by atoms with Crippen molar-refractivity contribution in [3.63, 3.8) is 0 Å². The molecule has 0 aliphatic heterocycles. The van der Waals surface area contributed by atoms with Crippen LogP contribution in [0.15, 0.2) is 60.7 Å². The fourth-order valence-electron chi connectivity index (χ4n) is 4.78. The van der Waals surface area contributed by atoms with Gasteiger partial charge < -0.3 is 0 Å². The molecule has 0 atom stereocenters. The summed E-state index contributed by atoms with van der Waals surface area (Å²) in [6.07, 6.45) is 0. The van der Waals surface area contributed by atoms with Gasteiger partial charge >= 0.3 is 253 Å². The van der Waals surface area contributed by atoms with E-state index in [1.54, 1.807) is 60.7 Å². The SMILES string of the molecule is COc1ccc([Se](=O)(=O)c2ccc(OC)cc2-c2cc(OC)c(OC)c(OC)c2)c(-c2cc(OC)c(OC)c(OC)c2)c1. The molecule has 0 bridgehead atoms. The van der Waals surface area contributed by atoms with Gasteiger partial charge in [-0.15, -0.1) is 0 Å². The molecule has 43 heavy (non-hydrogen) atoms. The van der Waals surface area contributed by atoms with Crippen LogP contribution in [0.1, 0.15) is 0 Å². The normalized spacial score (nSPS) is 11.0. The first-order valence-corrected chi connectivity index (χ1v) is 16.0. The predicted octanol–water partition coefficient (Wildman–Crippen LogP) is 4.51. The van der Waals surface area contributed by atoms with Crippen molar-refractivity contribution < 1.29 is 45.6 Å². The van der Waals surface area contributed by atoms with Crippen molar-refractivity contribution in [1.82, 2.24) is 0 Å². The summed E-state index contributed by atoms with van der Waals surface area (Å²) in [5.41, 5.74) is 1.85. The predicted molar refractivity (Wildman–Crippen MR) is 163 cm³/mol. The molecule has 4 rings (SSSR count). The van der Waals surface area contributed by atoms with E-state index in [1.165, 1.54) is 56.9 Å². The molecule has 10 nitrogen and oxygen atoms in total. The van der Waals surface area contributed by atoms with Gasteiger partial charge in [-0.1, -0.05) is 0 Å². The van der Waals surface area contributed by atoms with Gasteiger partial charge in [0.05, 0.1) is 0 Å². The number of benzene rings is 4. The third-order valence-corrected chi connectivity index (χ3v) is 10.8. The second kappa shape index (κ2) is 13.1. The van der Waals surface area contributed by atoms with Crippen LogP contribution in [0.4, 0.5) is 0 Å². The molecule has 0 saturated heterocycles. The van der Waals surface area contributed by atoms with Crippen LogP contribution in [0.2, 0.25) is 0 Å². The van der Waals surface area contributed by atoms with Crippen molar-refractivity contribution in [3.05, 3.63) is 60.7 Å². The van der Waals surface area contributed by atoms with Gasteiger partial charge in [-0.05, 0) is 0 Å². The van der Waals surface area contributed by atoms with E-state index < -0.39 is 12.7 Å². The third-order valence-electron chi connectivity index (χ3n) is 6.90. The van der Waals surface area contributed by atoms with Gasteiger partial charge in [-0.2, -0.15) is 0 Å². The summed E-state index contributed by atoms with van der Waals surface area (Å²) in [6, 6.07) is 16.4. The molecular weight excluding hydrogens is 623 g/mol. The number of hydrogen-bond donors (Lipinski definition) is 0. The van der Waals surface area contributed by atoms with Crippen LogP contribution in [0.3, 0.4) is 0 Å². The monoisotopic (exact) mass is 658 g/mol. The quantitative estimate of drug-likeness (QED) is 0.202. The fraction of sp³-hybridized carbons (Fsp3) is 0.250. The van der Waals surface area contributed by atoms with Crippen LogP contribution >= 0.6 is 0 Å². The van der Waals surface area contributed by atoms with Crippen molar-refractivity contribution in [1.29, 1.82) is 0 Å². The van der Waals surface area contributed by atoms with Crippen molar-refractivity contribution in [2.24, 2.45) is 0 Å². The average Bonchev–Trinajstić information content (AvgIpc) is 3.05. The Morgan fingerprint density at radius 1 is 0.419 bits per heavy atom. The van der Waals surface area contributed by atoms with E-state index in [9.17, 15) is 7.67 Å². The van der Waals surface area contributed by atoms with Gasteiger partial charge in [0.25, 0.3) is 0 Å². The maximum atomic E-state index is 14.7. The minimum atomic E-state index is -5.22. The van der Waals surface area contributed by atoms with Crippen molar-refractivity contribution in [3.8, 4) is 68.2 Å². The van der Waals surface area contributed by atoms with Gasteiger partial charge in [0.2, 0.25) is 0 Å². The molecule has 0 saturated carbocycles. The van der Waals surface area contributed by atoms with Gasteiger partial charge in [0.15, 0.2) is 0 Å². The second-order valence-electron chi connectivity index (χ2n) is 9.06. The fourth-order valence-corrected chi connectivity index (χ4v) is 8.27. The molecule has 0 unspecified atom stereocenters. The van der Waals surface area contributed by atoms with Crippen LogP contribution in [-0.2, 0) is 7.67 Å². The minimum absolute atomic E-state index is 0.102. The molecule has 0 spiro atoms. The zero-order valence-electron chi connectivity index (χ0n) is 25.3. The Labute approximate surface area is 252 Å². The van der Waals surface area contributed by atoms with E-state index in [-0.39, 0.29) is 8.92 Å². The Kier molecular flexibility index (Phi) is 9.58. The first-order chi connectivity index (χ1) is 20.7. The topological polar surface area (TPSA) is 108 Å². The maximum absolute atomic E-state index is 14.7. The number of methoxy groups -OCH3 is 8. The summed E-state index contributed by atoms with van der Waals surface area (Å²) >= 11 is -5.22. The van der Waals surface area contributed by atoms with Gasteiger partial charge in [0.1, 0.15) is 0 Å². The summed E-state index contributed by atoms with van der Waals surface area (Å²) in [5.74, 6) is 3.21. The molecule has 0 N–H and O–H groups in total. The third kappa shape index (κ3) is 5.86. The zero-order valence-corrected chi connectivity index (χ0v) is 27.0. The average molecular weight is 658 g/mol. The zero-order chi connectivity index (χ0) is 31.3. The van der Waals surface area contributed by atoms with Gasteiger partial charge in [-0.3, -0.25) is 0 Å². The summed E-state index contributed by atoms with van der Waals surface area (Å²) in [7, 11) is 12.0. The molecule has 0 aliphatic carbocycles. The van der Waals surface area contributed by atoms with E-state index in [1.807, 2.05) is 0 Å². The van der Waals surface area contributed by atoms with Crippen LogP contribution in [-0.4, -0.2) is 69.6 Å². The standard InChI is InChI=1S/C32H34O10Se/c1-35-21-9-11-29(23(17-21)19-13-25(37-3)31(41-7)26(14-19)38-4)43(33,34)30-12-10-22(36-2)18-24(30)20-15-27(39-5)32(42-8)28(16-20)40-6/h9-18H,1-8H3. The van der Waals surface area contributed by atoms with Crippen molar-refractivity contribution >= 4 is 21.6 Å². The molecule has 0 aromatic heterocycles. The summed E-state index contributed by atoms with van der Waals surface area (Å²) in [5, 5.41) is 0. The van der Waals surface area contributed by atoms with E-state index in [0.29, 0.717) is 68.2 Å². The number of hydrogen-bond acceptors (Lipinski definition) is 10. The Hall–Kier alpha value is -4.60. The summed E-state index contributed by atoms with van der Waals surface area (Å²) < 4.78 is 73.7. The molecule has 0 radical (unpaired) electrons. The Morgan fingerprint density at radius 2 is 0.744 bits per heavy atom. The molecule has 4 aromatic rings. The van der Waals surface area contributed by atoms with Crippen LogP contribution in [0.5, 0.6) is 46.0 Å². The van der Waals surface area contributed by atoms with Crippen LogP contribution in [0, 0.1) is 0 Å². The summed E-state index contributed by atoms with van der Waals surface area (Å²) in [6.45, 7) is 0. The van der Waals surface area contributed by atoms with E-state index in [4.69, 9.17) is 37.9 Å².